The second-order valence-electron chi connectivity index (χ2n) is 6.16. The Morgan fingerprint density at radius 1 is 1.17 bits per heavy atom. The van der Waals surface area contributed by atoms with Gasteiger partial charge in [0.1, 0.15) is 14.5 Å². The van der Waals surface area contributed by atoms with Gasteiger partial charge in [0.25, 0.3) is 0 Å². The minimum absolute atomic E-state index is 0.0960. The van der Waals surface area contributed by atoms with Crippen molar-refractivity contribution in [3.8, 4) is 0 Å². The molecule has 0 atom stereocenters. The topological polar surface area (TPSA) is 61.4 Å². The van der Waals surface area contributed by atoms with Gasteiger partial charge in [-0.25, -0.2) is 8.42 Å². The molecule has 0 unspecified atom stereocenters. The van der Waals surface area contributed by atoms with E-state index in [1.54, 1.807) is 0 Å². The summed E-state index contributed by atoms with van der Waals surface area (Å²) < 4.78 is 27.1. The molecule has 1 heterocycles. The second-order valence-corrected chi connectivity index (χ2v) is 10.6. The van der Waals surface area contributed by atoms with Crippen molar-refractivity contribution in [3.63, 3.8) is 0 Å². The Hall–Kier alpha value is -0.640. The maximum atomic E-state index is 12.4. The van der Waals surface area contributed by atoms with Gasteiger partial charge < -0.3 is 0 Å². The molecule has 8 heteroatoms. The molecule has 1 aromatic carbocycles. The summed E-state index contributed by atoms with van der Waals surface area (Å²) in [4.78, 5) is 0. The number of benzene rings is 1. The van der Waals surface area contributed by atoms with Crippen molar-refractivity contribution in [2.45, 2.75) is 46.3 Å². The number of rotatable bonds is 4. The molecule has 0 aromatic heterocycles. The highest BCUT2D eigenvalue weighted by Crippen LogP contribution is 2.28. The Labute approximate surface area is 152 Å². The highest BCUT2D eigenvalue weighted by atomic mass is 32.3. The van der Waals surface area contributed by atoms with Crippen LogP contribution < -0.4 is 10.6 Å². The average molecular weight is 388 g/mol. The van der Waals surface area contributed by atoms with Gasteiger partial charge in [-0.15, -0.1) is 0 Å². The first kappa shape index (κ1) is 19.7. The van der Waals surface area contributed by atoms with Crippen LogP contribution in [-0.4, -0.2) is 39.3 Å². The fraction of sp³-hybridized carbons (Fsp3) is 0.500. The fourth-order valence-corrected chi connectivity index (χ4v) is 7.17. The zero-order valence-electron chi connectivity index (χ0n) is 14.4. The number of thioether (sulfide) groups is 1. The molecule has 1 fully saturated rings. The molecule has 0 spiro atoms. The van der Waals surface area contributed by atoms with Gasteiger partial charge >= 0.3 is 0 Å². The smallest absolute Gasteiger partial charge is 0.229 e. The second kappa shape index (κ2) is 8.64. The molecule has 1 aliphatic rings. The maximum absolute atomic E-state index is 12.4. The number of nitrogens with one attached hydrogen (secondary N) is 2. The number of sulfonamides is 1. The van der Waals surface area contributed by atoms with Crippen LogP contribution in [-0.2, 0) is 16.6 Å². The lowest BCUT2D eigenvalue weighted by Gasteiger charge is -2.17. The number of hydrogen-bond donors (Lipinski definition) is 2. The van der Waals surface area contributed by atoms with Crippen LogP contribution in [0.2, 0.25) is 0 Å². The van der Waals surface area contributed by atoms with Crippen LogP contribution in [0.5, 0.6) is 0 Å². The summed E-state index contributed by atoms with van der Waals surface area (Å²) in [5.41, 5.74) is 0.983. The highest BCUT2D eigenvalue weighted by molar-refractivity contribution is 8.34. The Bertz CT molecular complexity index is 712. The molecule has 1 aromatic rings. The van der Waals surface area contributed by atoms with E-state index in [1.165, 1.54) is 27.0 Å². The minimum atomic E-state index is -3.27. The third kappa shape index (κ3) is 5.72. The van der Waals surface area contributed by atoms with Crippen molar-refractivity contribution in [1.82, 2.24) is 14.9 Å². The average Bonchev–Trinajstić information content (AvgIpc) is 2.74. The molecule has 134 valence electrons. The molecular formula is C16H25N3O2S3. The SMILES string of the molecule is CC(C)NC(NC(C)C)=S=C1SCS(=O)(=O)N1Cc1ccccc1. The van der Waals surface area contributed by atoms with Gasteiger partial charge in [-0.05, 0) is 33.3 Å². The minimum Gasteiger partial charge on any atom is -0.268 e. The van der Waals surface area contributed by atoms with Crippen LogP contribution in [0.4, 0.5) is 0 Å². The van der Waals surface area contributed by atoms with E-state index in [0.29, 0.717) is 6.54 Å². The van der Waals surface area contributed by atoms with Gasteiger partial charge in [-0.2, -0.15) is 4.31 Å². The van der Waals surface area contributed by atoms with E-state index in [9.17, 15) is 8.42 Å². The van der Waals surface area contributed by atoms with Gasteiger partial charge in [0.05, 0.1) is 0 Å². The van der Waals surface area contributed by atoms with Crippen LogP contribution in [0.1, 0.15) is 33.3 Å². The lowest BCUT2D eigenvalue weighted by Crippen LogP contribution is -2.43. The van der Waals surface area contributed by atoms with Gasteiger partial charge in [-0.1, -0.05) is 53.0 Å². The molecule has 0 bridgehead atoms. The summed E-state index contributed by atoms with van der Waals surface area (Å²) >= 11 is 1.38. The van der Waals surface area contributed by atoms with E-state index in [2.05, 4.69) is 38.3 Å². The fourth-order valence-electron chi connectivity index (χ4n) is 2.08. The van der Waals surface area contributed by atoms with Crippen LogP contribution >= 0.6 is 22.7 Å². The molecule has 1 saturated heterocycles. The largest absolute Gasteiger partial charge is 0.268 e. The molecule has 5 nitrogen and oxygen atoms in total. The van der Waals surface area contributed by atoms with Crippen molar-refractivity contribution in [2.24, 2.45) is 0 Å². The molecule has 1 aliphatic heterocycles. The Morgan fingerprint density at radius 3 is 2.29 bits per heavy atom. The highest BCUT2D eigenvalue weighted by Gasteiger charge is 2.34. The summed E-state index contributed by atoms with van der Waals surface area (Å²) in [6.07, 6.45) is 0. The first-order valence-corrected chi connectivity index (χ1v) is 11.3. The summed E-state index contributed by atoms with van der Waals surface area (Å²) in [6, 6.07) is 10.2. The van der Waals surface area contributed by atoms with Crippen molar-refractivity contribution >= 4 is 42.2 Å². The zero-order valence-corrected chi connectivity index (χ0v) is 16.9. The van der Waals surface area contributed by atoms with Crippen molar-refractivity contribution in [1.29, 1.82) is 0 Å². The number of hydrogen-bond acceptors (Lipinski definition) is 3. The predicted molar refractivity (Wildman–Crippen MR) is 108 cm³/mol. The molecule has 24 heavy (non-hydrogen) atoms. The van der Waals surface area contributed by atoms with E-state index in [-0.39, 0.29) is 17.2 Å². The summed E-state index contributed by atoms with van der Waals surface area (Å²) in [6.45, 7) is 8.62. The Morgan fingerprint density at radius 2 is 1.75 bits per heavy atom. The molecule has 2 N–H and O–H groups in total. The van der Waals surface area contributed by atoms with Crippen molar-refractivity contribution in [3.05, 3.63) is 35.9 Å². The molecule has 0 aliphatic carbocycles. The third-order valence-electron chi connectivity index (χ3n) is 3.07. The quantitative estimate of drug-likeness (QED) is 0.777. The van der Waals surface area contributed by atoms with E-state index in [4.69, 9.17) is 0 Å². The summed E-state index contributed by atoms with van der Waals surface area (Å²) in [5.74, 6) is 0. The number of nitrogens with zero attached hydrogens (tertiary/aromatic N) is 1. The van der Waals surface area contributed by atoms with Gasteiger partial charge in [0.15, 0.2) is 0 Å². The van der Waals surface area contributed by atoms with Crippen molar-refractivity contribution < 1.29 is 8.42 Å². The normalized spacial score (nSPS) is 17.7. The Kier molecular flexibility index (Phi) is 7.09. The molecule has 2 rings (SSSR count). The summed E-state index contributed by atoms with van der Waals surface area (Å²) in [5, 5.41) is 7.71. The first-order chi connectivity index (χ1) is 11.3. The van der Waals surface area contributed by atoms with E-state index < -0.39 is 10.0 Å². The van der Waals surface area contributed by atoms with E-state index >= 15 is 0 Å². The van der Waals surface area contributed by atoms with Crippen LogP contribution in [0.15, 0.2) is 30.3 Å². The van der Waals surface area contributed by atoms with E-state index in [0.717, 1.165) is 15.0 Å². The molecular weight excluding hydrogens is 362 g/mol. The predicted octanol–water partition coefficient (Wildman–Crippen LogP) is 2.43. The molecule has 0 radical (unpaired) electrons. The van der Waals surface area contributed by atoms with Gasteiger partial charge in [0.2, 0.25) is 10.0 Å². The lowest BCUT2D eigenvalue weighted by molar-refractivity contribution is 0.533. The summed E-state index contributed by atoms with van der Waals surface area (Å²) in [7, 11) is -1.81. The molecule has 0 saturated carbocycles. The standard InChI is InChI=1S/C16H25N3O2S3/c1-12(2)17-15(18-13(3)4)23-16-19(24(20,21)11-22-16)10-14-8-6-5-7-9-14/h5-9,12-13,17-18H,10-11H2,1-4H3. The zero-order chi connectivity index (χ0) is 17.7. The first-order valence-electron chi connectivity index (χ1n) is 7.90. The molecule has 0 amide bonds. The van der Waals surface area contributed by atoms with Gasteiger partial charge in [-0.3, -0.25) is 10.6 Å². The van der Waals surface area contributed by atoms with E-state index in [1.807, 2.05) is 30.3 Å². The lowest BCUT2D eigenvalue weighted by atomic mass is 10.2. The maximum Gasteiger partial charge on any atom is 0.229 e. The monoisotopic (exact) mass is 387 g/mol. The van der Waals surface area contributed by atoms with Crippen LogP contribution in [0.25, 0.3) is 0 Å². The van der Waals surface area contributed by atoms with Crippen LogP contribution in [0.3, 0.4) is 0 Å². The van der Waals surface area contributed by atoms with Gasteiger partial charge in [0, 0.05) is 18.6 Å². The third-order valence-corrected chi connectivity index (χ3v) is 7.85. The Balaban J connectivity index is 2.38. The van der Waals surface area contributed by atoms with Crippen molar-refractivity contribution in [2.75, 3.05) is 5.08 Å². The van der Waals surface area contributed by atoms with Crippen LogP contribution in [0, 0.1) is 0 Å².